The molecule has 11 nitrogen and oxygen atoms in total. The first-order chi connectivity index (χ1) is 27.3. The van der Waals surface area contributed by atoms with Gasteiger partial charge in [-0.15, -0.1) is 0 Å². The van der Waals surface area contributed by atoms with Gasteiger partial charge in [0.1, 0.15) is 29.1 Å². The Morgan fingerprint density at radius 2 is 1.70 bits per heavy atom. The van der Waals surface area contributed by atoms with Gasteiger partial charge in [0.2, 0.25) is 5.91 Å². The normalized spacial score (nSPS) is 16.2. The number of imide groups is 1. The summed E-state index contributed by atoms with van der Waals surface area (Å²) in [5, 5.41) is 11.0. The van der Waals surface area contributed by atoms with E-state index in [0.717, 1.165) is 6.07 Å². The number of aromatic nitrogens is 5. The molecule has 57 heavy (non-hydrogen) atoms. The molecule has 0 spiro atoms. The van der Waals surface area contributed by atoms with Gasteiger partial charge in [0, 0.05) is 54.0 Å². The van der Waals surface area contributed by atoms with Gasteiger partial charge in [-0.2, -0.15) is 5.10 Å². The molecule has 0 radical (unpaired) electrons. The topological polar surface area (TPSA) is 121 Å². The highest BCUT2D eigenvalue weighted by atomic mass is 19.3. The standard InChI is InChI=1S/C41H38F5N9O2/c1-21(26-5-4-6-27(37(26)44)38(45)46)48-39-29-17-33(47-19-34(29)49-22(2)50-39)24-7-8-31(42)25(15-24)20-54-12-9-23(10-13-54)28-18-35-30(16-32(28)43)40(52-53(35)3)55-14-11-36(56)51-41(55)57/h4-8,15-19,21,23,38H,9-14,20H2,1-3H3,(H,48,49,50)(H,51,56,57)/t21-/m1/s1. The van der Waals surface area contributed by atoms with Crippen LogP contribution >= 0.6 is 0 Å². The Hall–Kier alpha value is -6.03. The van der Waals surface area contributed by atoms with Crippen molar-refractivity contribution < 1.29 is 31.5 Å². The van der Waals surface area contributed by atoms with Gasteiger partial charge in [-0.05, 0) is 87.7 Å². The molecule has 2 saturated heterocycles. The molecule has 2 N–H and O–H groups in total. The molecular formula is C41H38F5N9O2. The van der Waals surface area contributed by atoms with Crippen LogP contribution in [-0.2, 0) is 18.4 Å². The Bertz CT molecular complexity index is 2550. The van der Waals surface area contributed by atoms with E-state index in [-0.39, 0.29) is 36.2 Å². The number of rotatable bonds is 9. The molecule has 0 saturated carbocycles. The van der Waals surface area contributed by atoms with Crippen molar-refractivity contribution in [3.05, 3.63) is 106 Å². The molecule has 3 aromatic heterocycles. The van der Waals surface area contributed by atoms with Gasteiger partial charge in [0.25, 0.3) is 6.43 Å². The van der Waals surface area contributed by atoms with Crippen molar-refractivity contribution in [2.75, 3.05) is 29.9 Å². The summed E-state index contributed by atoms with van der Waals surface area (Å²) in [5.74, 6) is -1.11. The van der Waals surface area contributed by atoms with Crippen molar-refractivity contribution in [1.82, 2.24) is 34.9 Å². The van der Waals surface area contributed by atoms with Crippen LogP contribution in [0.3, 0.4) is 0 Å². The molecule has 294 valence electrons. The van der Waals surface area contributed by atoms with E-state index < -0.39 is 35.7 Å². The number of hydrogen-bond donors (Lipinski definition) is 2. The van der Waals surface area contributed by atoms with E-state index in [9.17, 15) is 18.4 Å². The summed E-state index contributed by atoms with van der Waals surface area (Å²) < 4.78 is 74.5. The minimum Gasteiger partial charge on any atom is -0.363 e. The summed E-state index contributed by atoms with van der Waals surface area (Å²) in [6.45, 7) is 5.03. The third kappa shape index (κ3) is 7.36. The second kappa shape index (κ2) is 15.1. The number of amides is 3. The van der Waals surface area contributed by atoms with Crippen molar-refractivity contribution in [1.29, 1.82) is 0 Å². The summed E-state index contributed by atoms with van der Waals surface area (Å²) in [6.07, 6.45) is 0.0298. The lowest BCUT2D eigenvalue weighted by molar-refractivity contribution is -0.120. The largest absolute Gasteiger partial charge is 0.363 e. The molecular weight excluding hydrogens is 746 g/mol. The van der Waals surface area contributed by atoms with Gasteiger partial charge in [-0.25, -0.2) is 36.7 Å². The lowest BCUT2D eigenvalue weighted by Gasteiger charge is -2.32. The fourth-order valence-corrected chi connectivity index (χ4v) is 7.82. The molecule has 5 heterocycles. The highest BCUT2D eigenvalue weighted by molar-refractivity contribution is 6.09. The van der Waals surface area contributed by atoms with Gasteiger partial charge in [0.05, 0.1) is 34.5 Å². The predicted molar refractivity (Wildman–Crippen MR) is 204 cm³/mol. The summed E-state index contributed by atoms with van der Waals surface area (Å²) in [4.78, 5) is 41.2. The van der Waals surface area contributed by atoms with Crippen LogP contribution in [0.25, 0.3) is 33.1 Å². The number of nitrogens with one attached hydrogen (secondary N) is 2. The van der Waals surface area contributed by atoms with E-state index in [2.05, 4.69) is 35.6 Å². The summed E-state index contributed by atoms with van der Waals surface area (Å²) in [6, 6.07) is 12.3. The van der Waals surface area contributed by atoms with E-state index in [4.69, 9.17) is 0 Å². The molecule has 2 fully saturated rings. The van der Waals surface area contributed by atoms with E-state index in [1.54, 1.807) is 56.0 Å². The number of fused-ring (bicyclic) bond motifs is 2. The van der Waals surface area contributed by atoms with Crippen LogP contribution in [0.4, 0.5) is 38.4 Å². The van der Waals surface area contributed by atoms with Crippen LogP contribution in [0.1, 0.15) is 72.6 Å². The third-order valence-corrected chi connectivity index (χ3v) is 10.8. The first kappa shape index (κ1) is 37.9. The van der Waals surface area contributed by atoms with E-state index in [0.29, 0.717) is 94.1 Å². The summed E-state index contributed by atoms with van der Waals surface area (Å²) in [5.41, 5.74) is 2.77. The lowest BCUT2D eigenvalue weighted by atomic mass is 9.88. The van der Waals surface area contributed by atoms with Crippen LogP contribution in [0, 0.1) is 24.4 Å². The first-order valence-corrected chi connectivity index (χ1v) is 18.6. The predicted octanol–water partition coefficient (Wildman–Crippen LogP) is 8.24. The number of nitrogens with zero attached hydrogens (tertiary/aromatic N) is 7. The minimum atomic E-state index is -2.96. The van der Waals surface area contributed by atoms with Gasteiger partial charge in [-0.1, -0.05) is 18.2 Å². The van der Waals surface area contributed by atoms with Crippen LogP contribution in [-0.4, -0.2) is 61.2 Å². The quantitative estimate of drug-likeness (QED) is 0.141. The van der Waals surface area contributed by atoms with Crippen molar-refractivity contribution >= 4 is 45.4 Å². The molecule has 1 atom stereocenters. The molecule has 2 aliphatic heterocycles. The fourth-order valence-electron chi connectivity index (χ4n) is 7.82. The number of aryl methyl sites for hydroxylation is 2. The molecule has 6 aromatic rings. The number of urea groups is 1. The van der Waals surface area contributed by atoms with Crippen LogP contribution in [0.2, 0.25) is 0 Å². The molecule has 0 aliphatic carbocycles. The molecule has 0 bridgehead atoms. The number of pyridine rings is 1. The zero-order valence-electron chi connectivity index (χ0n) is 31.3. The average molecular weight is 784 g/mol. The molecule has 3 aromatic carbocycles. The number of benzene rings is 3. The van der Waals surface area contributed by atoms with E-state index in [1.165, 1.54) is 29.2 Å². The smallest absolute Gasteiger partial charge is 0.329 e. The van der Waals surface area contributed by atoms with E-state index >= 15 is 13.2 Å². The van der Waals surface area contributed by atoms with Gasteiger partial charge in [-0.3, -0.25) is 29.6 Å². The number of carbonyl (C=O) groups is 2. The number of likely N-dealkylation sites (tertiary alicyclic amines) is 1. The molecule has 3 amide bonds. The first-order valence-electron chi connectivity index (χ1n) is 18.6. The van der Waals surface area contributed by atoms with Gasteiger partial charge in [0.15, 0.2) is 5.82 Å². The molecule has 0 unspecified atom stereocenters. The SMILES string of the molecule is Cc1nc(N[C@H](C)c2cccc(C(F)F)c2F)c2cc(-c3ccc(F)c(CN4CCC(c5cc6c(cc5F)c(N5CCC(=O)NC5=O)nn6C)CC4)c3)ncc2n1. The maximum atomic E-state index is 15.7. The summed E-state index contributed by atoms with van der Waals surface area (Å²) >= 11 is 0. The van der Waals surface area contributed by atoms with Crippen molar-refractivity contribution in [3.8, 4) is 11.3 Å². The molecule has 16 heteroatoms. The van der Waals surface area contributed by atoms with Crippen LogP contribution < -0.4 is 15.5 Å². The van der Waals surface area contributed by atoms with Crippen LogP contribution in [0.15, 0.2) is 60.8 Å². The number of hydrogen-bond acceptors (Lipinski definition) is 8. The Kier molecular flexibility index (Phi) is 10.1. The number of anilines is 2. The van der Waals surface area contributed by atoms with Gasteiger partial charge >= 0.3 is 6.03 Å². The zero-order chi connectivity index (χ0) is 40.1. The average Bonchev–Trinajstić information content (AvgIpc) is 3.49. The number of piperidine rings is 1. The number of carbonyl (C=O) groups excluding carboxylic acids is 2. The van der Waals surface area contributed by atoms with Crippen LogP contribution in [0.5, 0.6) is 0 Å². The van der Waals surface area contributed by atoms with Crippen molar-refractivity contribution in [2.24, 2.45) is 7.05 Å². The fraction of sp³-hybridized carbons (Fsp3) is 0.317. The van der Waals surface area contributed by atoms with Gasteiger partial charge < -0.3 is 5.32 Å². The molecule has 8 rings (SSSR count). The maximum absolute atomic E-state index is 15.7. The highest BCUT2D eigenvalue weighted by Crippen LogP contribution is 2.37. The second-order valence-corrected chi connectivity index (χ2v) is 14.6. The number of halogens is 5. The molecule has 2 aliphatic rings. The Labute approximate surface area is 323 Å². The maximum Gasteiger partial charge on any atom is 0.329 e. The third-order valence-electron chi connectivity index (χ3n) is 10.8. The monoisotopic (exact) mass is 783 g/mol. The minimum absolute atomic E-state index is 0.0670. The van der Waals surface area contributed by atoms with E-state index in [1.807, 2.05) is 0 Å². The highest BCUT2D eigenvalue weighted by Gasteiger charge is 2.30. The van der Waals surface area contributed by atoms with Crippen molar-refractivity contribution in [2.45, 2.75) is 58.0 Å². The second-order valence-electron chi connectivity index (χ2n) is 14.6. The zero-order valence-corrected chi connectivity index (χ0v) is 31.3. The lowest BCUT2D eigenvalue weighted by Crippen LogP contribution is -2.49. The Balaban J connectivity index is 0.984. The Morgan fingerprint density at radius 1 is 0.930 bits per heavy atom. The van der Waals surface area contributed by atoms with Crippen molar-refractivity contribution in [3.63, 3.8) is 0 Å². The Morgan fingerprint density at radius 3 is 2.46 bits per heavy atom. The summed E-state index contributed by atoms with van der Waals surface area (Å²) in [7, 11) is 1.73. The number of alkyl halides is 2.